The summed E-state index contributed by atoms with van der Waals surface area (Å²) in [7, 11) is -0.150. The number of aliphatic hydroxyl groups excluding tert-OH is 1. The Morgan fingerprint density at radius 2 is 2.21 bits per heavy atom. The molecule has 1 heterocycles. The topological polar surface area (TPSA) is 86.4 Å². The first-order valence-corrected chi connectivity index (χ1v) is 5.65. The van der Waals surface area contributed by atoms with E-state index in [1.54, 1.807) is 30.3 Å². The molecule has 0 fully saturated rings. The van der Waals surface area contributed by atoms with E-state index < -0.39 is 0 Å². The van der Waals surface area contributed by atoms with Crippen LogP contribution in [0.4, 0.5) is 0 Å². The summed E-state index contributed by atoms with van der Waals surface area (Å²) in [5.41, 5.74) is 1.55. The van der Waals surface area contributed by atoms with Crippen LogP contribution in [0.15, 0.2) is 36.5 Å². The van der Waals surface area contributed by atoms with Crippen molar-refractivity contribution in [3.05, 3.63) is 47.7 Å². The lowest BCUT2D eigenvalue weighted by molar-refractivity contribution is 0.282. The van der Waals surface area contributed by atoms with Crippen LogP contribution in [0.3, 0.4) is 0 Å². The number of nitriles is 1. The van der Waals surface area contributed by atoms with Gasteiger partial charge in [0.25, 0.3) is 0 Å². The van der Waals surface area contributed by atoms with Gasteiger partial charge in [-0.15, -0.1) is 0 Å². The van der Waals surface area contributed by atoms with Gasteiger partial charge >= 0.3 is 7.48 Å². The Hall–Kier alpha value is -2.36. The van der Waals surface area contributed by atoms with Gasteiger partial charge in [-0.3, -0.25) is 0 Å². The highest BCUT2D eigenvalue weighted by Gasteiger charge is 2.08. The van der Waals surface area contributed by atoms with E-state index in [9.17, 15) is 5.11 Å². The molecule has 0 aliphatic heterocycles. The summed E-state index contributed by atoms with van der Waals surface area (Å²) < 4.78 is 5.52. The molecule has 94 valence electrons. The van der Waals surface area contributed by atoms with Crippen molar-refractivity contribution in [1.82, 2.24) is 4.98 Å². The molecule has 2 rings (SSSR count). The van der Waals surface area contributed by atoms with Crippen LogP contribution in [-0.2, 0) is 6.61 Å². The van der Waals surface area contributed by atoms with Gasteiger partial charge in [-0.25, -0.2) is 4.98 Å². The van der Waals surface area contributed by atoms with Gasteiger partial charge in [-0.1, -0.05) is 6.07 Å². The quantitative estimate of drug-likeness (QED) is 0.761. The Balaban J connectivity index is 2.31. The van der Waals surface area contributed by atoms with Gasteiger partial charge in [0, 0.05) is 6.20 Å². The van der Waals surface area contributed by atoms with Gasteiger partial charge in [0.2, 0.25) is 5.88 Å². The number of aliphatic hydroxyl groups is 1. The third-order valence-corrected chi connectivity index (χ3v) is 2.62. The summed E-state index contributed by atoms with van der Waals surface area (Å²) in [5, 5.41) is 27.2. The molecule has 2 aromatic rings. The summed E-state index contributed by atoms with van der Waals surface area (Å²) in [6, 6.07) is 10.2. The zero-order valence-electron chi connectivity index (χ0n) is 10.1. The molecule has 0 saturated heterocycles. The highest BCUT2D eigenvalue weighted by molar-refractivity contribution is 6.46. The molecule has 0 aliphatic carbocycles. The molecule has 5 nitrogen and oxygen atoms in total. The van der Waals surface area contributed by atoms with Crippen molar-refractivity contribution in [2.24, 2.45) is 0 Å². The third kappa shape index (κ3) is 2.91. The monoisotopic (exact) mass is 254 g/mol. The minimum Gasteiger partial charge on any atom is -0.449 e. The van der Waals surface area contributed by atoms with Gasteiger partial charge in [0.15, 0.2) is 0 Å². The lowest BCUT2D eigenvalue weighted by Gasteiger charge is -2.09. The molecule has 19 heavy (non-hydrogen) atoms. The van der Waals surface area contributed by atoms with E-state index in [-0.39, 0.29) is 20.0 Å². The number of aromatic nitrogens is 1. The normalized spacial score (nSPS) is 9.74. The molecule has 1 aromatic heterocycles. The maximum Gasteiger partial charge on any atom is 0.305 e. The summed E-state index contributed by atoms with van der Waals surface area (Å²) in [6.07, 6.45) is 1.53. The van der Waals surface area contributed by atoms with Crippen molar-refractivity contribution in [1.29, 1.82) is 5.26 Å². The first-order chi connectivity index (χ1) is 9.28. The highest BCUT2D eigenvalue weighted by Crippen LogP contribution is 2.22. The lowest BCUT2D eigenvalue weighted by atomic mass is 9.84. The highest BCUT2D eigenvalue weighted by atomic mass is 16.5. The minimum absolute atomic E-state index is 0.150. The Morgan fingerprint density at radius 1 is 1.37 bits per heavy atom. The third-order valence-electron chi connectivity index (χ3n) is 2.62. The standard InChI is InChI=1S/C13H11BN2O3/c15-7-9-2-1-5-16-13(9)19-11-3-4-12(14-18)10(6-11)8-17/h1-6,14,17-18H,8H2. The Kier molecular flexibility index (Phi) is 4.13. The number of ether oxygens (including phenoxy) is 1. The maximum atomic E-state index is 9.21. The van der Waals surface area contributed by atoms with Crippen LogP contribution in [0.2, 0.25) is 0 Å². The second kappa shape index (κ2) is 6.00. The van der Waals surface area contributed by atoms with E-state index in [1.807, 2.05) is 6.07 Å². The Morgan fingerprint density at radius 3 is 2.89 bits per heavy atom. The molecular formula is C13H11BN2O3. The number of nitrogens with zero attached hydrogens (tertiary/aromatic N) is 2. The predicted octanol–water partition coefficient (Wildman–Crippen LogP) is 0.207. The average Bonchev–Trinajstić information content (AvgIpc) is 2.47. The molecular weight excluding hydrogens is 243 g/mol. The van der Waals surface area contributed by atoms with Crippen molar-refractivity contribution in [2.75, 3.05) is 0 Å². The molecule has 0 spiro atoms. The van der Waals surface area contributed by atoms with E-state index in [0.717, 1.165) is 0 Å². The zero-order valence-corrected chi connectivity index (χ0v) is 10.1. The van der Waals surface area contributed by atoms with Crippen LogP contribution in [0.1, 0.15) is 11.1 Å². The predicted molar refractivity (Wildman–Crippen MR) is 70.4 cm³/mol. The van der Waals surface area contributed by atoms with Crippen LogP contribution in [0, 0.1) is 11.3 Å². The van der Waals surface area contributed by atoms with Gasteiger partial charge in [0.05, 0.1) is 6.61 Å². The molecule has 1 aromatic carbocycles. The second-order valence-electron chi connectivity index (χ2n) is 3.82. The van der Waals surface area contributed by atoms with E-state index in [0.29, 0.717) is 22.3 Å². The second-order valence-corrected chi connectivity index (χ2v) is 3.82. The number of hydrogen-bond acceptors (Lipinski definition) is 5. The number of pyridine rings is 1. The molecule has 0 radical (unpaired) electrons. The molecule has 0 aliphatic rings. The largest absolute Gasteiger partial charge is 0.449 e. The first kappa shape index (κ1) is 13.1. The zero-order chi connectivity index (χ0) is 13.7. The minimum atomic E-state index is -0.194. The van der Waals surface area contributed by atoms with Gasteiger partial charge < -0.3 is 14.9 Å². The van der Waals surface area contributed by atoms with Gasteiger partial charge in [0.1, 0.15) is 17.4 Å². The Labute approximate surface area is 111 Å². The van der Waals surface area contributed by atoms with E-state index in [4.69, 9.17) is 15.0 Å². The number of hydrogen-bond donors (Lipinski definition) is 2. The van der Waals surface area contributed by atoms with Crippen LogP contribution < -0.4 is 10.2 Å². The van der Waals surface area contributed by atoms with Crippen molar-refractivity contribution in [3.8, 4) is 17.7 Å². The molecule has 2 N–H and O–H groups in total. The fourth-order valence-electron chi connectivity index (χ4n) is 1.64. The van der Waals surface area contributed by atoms with Crippen LogP contribution in [-0.4, -0.2) is 22.6 Å². The summed E-state index contributed by atoms with van der Waals surface area (Å²) >= 11 is 0. The SMILES string of the molecule is N#Cc1cccnc1Oc1ccc(BO)c(CO)c1. The number of benzene rings is 1. The fourth-order valence-corrected chi connectivity index (χ4v) is 1.64. The van der Waals surface area contributed by atoms with Crippen LogP contribution in [0.25, 0.3) is 0 Å². The lowest BCUT2D eigenvalue weighted by Crippen LogP contribution is -2.18. The molecule has 0 atom stereocenters. The summed E-state index contributed by atoms with van der Waals surface area (Å²) in [4.78, 5) is 3.99. The van der Waals surface area contributed by atoms with Crippen LogP contribution >= 0.6 is 0 Å². The molecule has 0 amide bonds. The average molecular weight is 254 g/mol. The van der Waals surface area contributed by atoms with Crippen LogP contribution in [0.5, 0.6) is 11.6 Å². The van der Waals surface area contributed by atoms with Crippen molar-refractivity contribution in [3.63, 3.8) is 0 Å². The van der Waals surface area contributed by atoms with E-state index in [1.165, 1.54) is 6.20 Å². The maximum absolute atomic E-state index is 9.21. The summed E-state index contributed by atoms with van der Waals surface area (Å²) in [5.74, 6) is 0.669. The van der Waals surface area contributed by atoms with Gasteiger partial charge in [-0.2, -0.15) is 5.26 Å². The molecule has 6 heteroatoms. The molecule has 0 bridgehead atoms. The van der Waals surface area contributed by atoms with Crippen molar-refractivity contribution in [2.45, 2.75) is 6.61 Å². The number of rotatable bonds is 4. The first-order valence-electron chi connectivity index (χ1n) is 5.65. The van der Waals surface area contributed by atoms with Crippen molar-refractivity contribution >= 4 is 12.9 Å². The molecule has 0 saturated carbocycles. The molecule has 0 unspecified atom stereocenters. The van der Waals surface area contributed by atoms with E-state index in [2.05, 4.69) is 4.98 Å². The van der Waals surface area contributed by atoms with E-state index >= 15 is 0 Å². The fraction of sp³-hybridized carbons (Fsp3) is 0.0769. The summed E-state index contributed by atoms with van der Waals surface area (Å²) in [6.45, 7) is -0.194. The van der Waals surface area contributed by atoms with Crippen molar-refractivity contribution < 1.29 is 14.9 Å². The smallest absolute Gasteiger partial charge is 0.305 e. The Bertz CT molecular complexity index is 626. The van der Waals surface area contributed by atoms with Gasteiger partial charge in [-0.05, 0) is 35.3 Å².